The normalized spacial score (nSPS) is 32.2. The zero-order valence-corrected chi connectivity index (χ0v) is 17.6. The van der Waals surface area contributed by atoms with E-state index < -0.39 is 11.0 Å². The van der Waals surface area contributed by atoms with Crippen LogP contribution in [-0.4, -0.2) is 35.8 Å². The summed E-state index contributed by atoms with van der Waals surface area (Å²) in [7, 11) is 3.21. The Balaban J connectivity index is 1.35. The summed E-state index contributed by atoms with van der Waals surface area (Å²) < 4.78 is 10.7. The Hall–Kier alpha value is -2.12. The second-order valence-corrected chi connectivity index (χ2v) is 9.89. The highest BCUT2D eigenvalue weighted by atomic mass is 32.1. The number of anilines is 1. The summed E-state index contributed by atoms with van der Waals surface area (Å²) in [5.41, 5.74) is 0.613. The second kappa shape index (κ2) is 6.71. The fraction of sp³-hybridized carbons (Fsp3) is 0.545. The molecule has 6 rings (SSSR count). The van der Waals surface area contributed by atoms with E-state index in [1.54, 1.807) is 14.2 Å². The van der Waals surface area contributed by atoms with E-state index in [0.717, 1.165) is 43.4 Å². The van der Waals surface area contributed by atoms with E-state index in [-0.39, 0.29) is 5.91 Å². The Morgan fingerprint density at radius 2 is 1.90 bits per heavy atom. The minimum absolute atomic E-state index is 0.0261. The van der Waals surface area contributed by atoms with Crippen molar-refractivity contribution in [1.29, 1.82) is 0 Å². The molecule has 1 aromatic carbocycles. The molecule has 4 aliphatic rings. The summed E-state index contributed by atoms with van der Waals surface area (Å²) in [6, 6.07) is 5.66. The van der Waals surface area contributed by atoms with E-state index in [1.165, 1.54) is 11.3 Å². The van der Waals surface area contributed by atoms with Crippen LogP contribution in [0.2, 0.25) is 0 Å². The van der Waals surface area contributed by atoms with Crippen LogP contribution in [0, 0.1) is 17.3 Å². The summed E-state index contributed by atoms with van der Waals surface area (Å²) in [6.45, 7) is 0. The number of thiazole rings is 1. The van der Waals surface area contributed by atoms with Crippen molar-refractivity contribution in [2.45, 2.75) is 44.1 Å². The SMILES string of the molecule is COc1ccc(-c2csc(NC(=O)C34C[C@@H]5C[C@@H](CC(O)(C5)C3)C4)n2)cc1OC. The number of ether oxygens (including phenoxy) is 2. The topological polar surface area (TPSA) is 80.7 Å². The molecule has 4 atom stereocenters. The van der Waals surface area contributed by atoms with Crippen LogP contribution in [0.4, 0.5) is 5.13 Å². The molecule has 0 aliphatic heterocycles. The number of methoxy groups -OCH3 is 2. The molecule has 0 saturated heterocycles. The van der Waals surface area contributed by atoms with Gasteiger partial charge in [-0.05, 0) is 68.6 Å². The molecule has 4 bridgehead atoms. The van der Waals surface area contributed by atoms with Gasteiger partial charge >= 0.3 is 0 Å². The molecular formula is C22H26N2O4S. The average molecular weight is 415 g/mol. The number of nitrogens with one attached hydrogen (secondary N) is 1. The molecule has 4 aliphatic carbocycles. The first-order valence-electron chi connectivity index (χ1n) is 10.1. The fourth-order valence-electron chi connectivity index (χ4n) is 6.17. The molecule has 7 heteroatoms. The van der Waals surface area contributed by atoms with Crippen molar-refractivity contribution in [3.8, 4) is 22.8 Å². The molecule has 2 aromatic rings. The molecule has 2 unspecified atom stereocenters. The molecule has 1 heterocycles. The molecule has 29 heavy (non-hydrogen) atoms. The lowest BCUT2D eigenvalue weighted by Crippen LogP contribution is -2.59. The summed E-state index contributed by atoms with van der Waals surface area (Å²) in [4.78, 5) is 17.9. The standard InChI is InChI=1S/C22H26N2O4S/c1-27-17-4-3-15(6-18(17)28-2)16-11-29-20(23-16)24-19(25)21-7-13-5-14(8-21)10-22(26,9-13)12-21/h3-4,6,11,13-14,26H,5,7-10,12H2,1-2H3,(H,23,24,25)/t13-,14+,21?,22?. The van der Waals surface area contributed by atoms with Crippen LogP contribution in [-0.2, 0) is 4.79 Å². The van der Waals surface area contributed by atoms with Gasteiger partial charge < -0.3 is 19.9 Å². The molecule has 0 radical (unpaired) electrons. The zero-order valence-electron chi connectivity index (χ0n) is 16.7. The third-order valence-electron chi connectivity index (χ3n) is 6.92. The van der Waals surface area contributed by atoms with E-state index in [4.69, 9.17) is 9.47 Å². The van der Waals surface area contributed by atoms with Gasteiger partial charge in [-0.25, -0.2) is 4.98 Å². The number of aliphatic hydroxyl groups is 1. The summed E-state index contributed by atoms with van der Waals surface area (Å²) in [5.74, 6) is 2.29. The van der Waals surface area contributed by atoms with Gasteiger partial charge in [0, 0.05) is 10.9 Å². The smallest absolute Gasteiger partial charge is 0.232 e. The van der Waals surface area contributed by atoms with E-state index >= 15 is 0 Å². The van der Waals surface area contributed by atoms with Crippen LogP contribution in [0.5, 0.6) is 11.5 Å². The van der Waals surface area contributed by atoms with E-state index in [2.05, 4.69) is 10.3 Å². The van der Waals surface area contributed by atoms with Gasteiger partial charge in [-0.2, -0.15) is 0 Å². The van der Waals surface area contributed by atoms with Crippen LogP contribution in [0.25, 0.3) is 11.3 Å². The number of hydrogen-bond donors (Lipinski definition) is 2. The lowest BCUT2D eigenvalue weighted by molar-refractivity contribution is -0.174. The second-order valence-electron chi connectivity index (χ2n) is 9.03. The van der Waals surface area contributed by atoms with Gasteiger partial charge in [-0.15, -0.1) is 11.3 Å². The fourth-order valence-corrected chi connectivity index (χ4v) is 6.88. The quantitative estimate of drug-likeness (QED) is 0.770. The molecule has 1 aromatic heterocycles. The van der Waals surface area contributed by atoms with E-state index in [9.17, 15) is 9.90 Å². The molecule has 154 valence electrons. The van der Waals surface area contributed by atoms with Gasteiger partial charge in [0.25, 0.3) is 0 Å². The van der Waals surface area contributed by atoms with E-state index in [0.29, 0.717) is 34.9 Å². The van der Waals surface area contributed by atoms with Gasteiger partial charge in [0.15, 0.2) is 16.6 Å². The van der Waals surface area contributed by atoms with Crippen LogP contribution in [0.3, 0.4) is 0 Å². The Labute approximate surface area is 174 Å². The van der Waals surface area contributed by atoms with Gasteiger partial charge in [0.1, 0.15) is 0 Å². The van der Waals surface area contributed by atoms with Crippen molar-refractivity contribution in [1.82, 2.24) is 4.98 Å². The maximum atomic E-state index is 13.2. The van der Waals surface area contributed by atoms with Crippen molar-refractivity contribution < 1.29 is 19.4 Å². The van der Waals surface area contributed by atoms with Crippen LogP contribution >= 0.6 is 11.3 Å². The number of carbonyl (C=O) groups is 1. The van der Waals surface area contributed by atoms with Crippen LogP contribution in [0.1, 0.15) is 38.5 Å². The number of nitrogens with zero attached hydrogens (tertiary/aromatic N) is 1. The third-order valence-corrected chi connectivity index (χ3v) is 7.67. The number of rotatable bonds is 5. The first-order valence-corrected chi connectivity index (χ1v) is 11.0. The predicted molar refractivity (Wildman–Crippen MR) is 111 cm³/mol. The first kappa shape index (κ1) is 18.9. The van der Waals surface area contributed by atoms with Gasteiger partial charge in [0.05, 0.1) is 30.9 Å². The summed E-state index contributed by atoms with van der Waals surface area (Å²) in [6.07, 6.45) is 5.26. The lowest BCUT2D eigenvalue weighted by Gasteiger charge is -2.59. The monoisotopic (exact) mass is 414 g/mol. The molecule has 4 saturated carbocycles. The largest absolute Gasteiger partial charge is 0.493 e. The molecule has 4 fully saturated rings. The zero-order chi connectivity index (χ0) is 20.2. The van der Waals surface area contributed by atoms with Crippen molar-refractivity contribution in [2.24, 2.45) is 17.3 Å². The highest BCUT2D eigenvalue weighted by molar-refractivity contribution is 7.14. The Bertz CT molecular complexity index is 942. The average Bonchev–Trinajstić information content (AvgIpc) is 3.14. The predicted octanol–water partition coefficient (Wildman–Crippen LogP) is 4.10. The molecular weight excluding hydrogens is 388 g/mol. The van der Waals surface area contributed by atoms with Gasteiger partial charge in [0.2, 0.25) is 5.91 Å². The Morgan fingerprint density at radius 1 is 1.17 bits per heavy atom. The highest BCUT2D eigenvalue weighted by Crippen LogP contribution is 2.61. The lowest BCUT2D eigenvalue weighted by atomic mass is 9.47. The van der Waals surface area contributed by atoms with Gasteiger partial charge in [-0.1, -0.05) is 0 Å². The summed E-state index contributed by atoms with van der Waals surface area (Å²) >= 11 is 1.42. The minimum Gasteiger partial charge on any atom is -0.493 e. The maximum absolute atomic E-state index is 13.2. The third kappa shape index (κ3) is 3.20. The van der Waals surface area contributed by atoms with Crippen molar-refractivity contribution in [3.63, 3.8) is 0 Å². The molecule has 6 nitrogen and oxygen atoms in total. The Kier molecular flexibility index (Phi) is 4.37. The first-order chi connectivity index (χ1) is 13.9. The van der Waals surface area contributed by atoms with Crippen molar-refractivity contribution in [3.05, 3.63) is 23.6 Å². The molecule has 0 spiro atoms. The number of carbonyl (C=O) groups excluding carboxylic acids is 1. The number of amides is 1. The molecule has 2 N–H and O–H groups in total. The van der Waals surface area contributed by atoms with E-state index in [1.807, 2.05) is 23.6 Å². The minimum atomic E-state index is -0.644. The van der Waals surface area contributed by atoms with Crippen LogP contribution in [0.15, 0.2) is 23.6 Å². The number of aromatic nitrogens is 1. The van der Waals surface area contributed by atoms with Crippen molar-refractivity contribution in [2.75, 3.05) is 19.5 Å². The molecule has 1 amide bonds. The number of hydrogen-bond acceptors (Lipinski definition) is 6. The highest BCUT2D eigenvalue weighted by Gasteiger charge is 2.60. The number of benzene rings is 1. The van der Waals surface area contributed by atoms with Gasteiger partial charge in [-0.3, -0.25) is 4.79 Å². The summed E-state index contributed by atoms with van der Waals surface area (Å²) in [5, 5.41) is 16.5. The van der Waals surface area contributed by atoms with Crippen molar-refractivity contribution >= 4 is 22.4 Å². The van der Waals surface area contributed by atoms with Crippen LogP contribution < -0.4 is 14.8 Å². The Morgan fingerprint density at radius 3 is 2.55 bits per heavy atom. The maximum Gasteiger partial charge on any atom is 0.232 e.